The highest BCUT2D eigenvalue weighted by atomic mass is 16.3. The number of hydrogen-bond donors (Lipinski definition) is 3. The fourth-order valence-corrected chi connectivity index (χ4v) is 6.40. The van der Waals surface area contributed by atoms with Crippen molar-refractivity contribution in [2.24, 2.45) is 5.41 Å². The molecule has 3 N–H and O–H groups in total. The van der Waals surface area contributed by atoms with Gasteiger partial charge in [-0.05, 0) is 112 Å². The lowest BCUT2D eigenvalue weighted by Crippen LogP contribution is -2.03. The van der Waals surface area contributed by atoms with Crippen LogP contribution in [0.3, 0.4) is 0 Å². The molecule has 0 aliphatic carbocycles. The third-order valence-corrected chi connectivity index (χ3v) is 9.47. The molecule has 48 heavy (non-hydrogen) atoms. The lowest BCUT2D eigenvalue weighted by Gasteiger charge is -2.17. The maximum absolute atomic E-state index is 11.6. The van der Waals surface area contributed by atoms with Gasteiger partial charge in [0.2, 0.25) is 0 Å². The molecule has 0 saturated carbocycles. The van der Waals surface area contributed by atoms with Crippen LogP contribution in [0.1, 0.15) is 122 Å². The Morgan fingerprint density at radius 1 is 0.708 bits per heavy atom. The molecule has 5 heteroatoms. The number of aliphatic hydroxyl groups excluding tert-OH is 1. The number of aliphatic hydroxyl groups is 1. The third-order valence-electron chi connectivity index (χ3n) is 9.47. The lowest BCUT2D eigenvalue weighted by atomic mass is 9.89. The van der Waals surface area contributed by atoms with Crippen LogP contribution in [0, 0.1) is 33.1 Å². The van der Waals surface area contributed by atoms with Gasteiger partial charge in [0.05, 0.1) is 33.8 Å². The summed E-state index contributed by atoms with van der Waals surface area (Å²) in [6.07, 6.45) is 28.8. The van der Waals surface area contributed by atoms with Crippen LogP contribution in [-0.4, -0.2) is 25.0 Å². The second kappa shape index (κ2) is 15.1. The molecule has 3 aromatic heterocycles. The van der Waals surface area contributed by atoms with Gasteiger partial charge in [-0.1, -0.05) is 83.4 Å². The maximum Gasteiger partial charge on any atom is 0.125 e. The fraction of sp³-hybridized carbons (Fsp3) is 0.349. The van der Waals surface area contributed by atoms with E-state index in [4.69, 9.17) is 9.97 Å². The monoisotopic (exact) mass is 640 g/mol. The topological polar surface area (TPSA) is 77.6 Å². The van der Waals surface area contributed by atoms with E-state index < -0.39 is 0 Å². The van der Waals surface area contributed by atoms with Crippen LogP contribution in [0.5, 0.6) is 0 Å². The molecule has 8 bridgehead atoms. The van der Waals surface area contributed by atoms with Gasteiger partial charge < -0.3 is 15.1 Å². The minimum Gasteiger partial charge on any atom is -0.507 e. The van der Waals surface area contributed by atoms with E-state index in [2.05, 4.69) is 94.5 Å². The number of unbranched alkanes of at least 4 members (excludes halogenated alkanes) is 5. The minimum atomic E-state index is 0.173. The number of H-pyrrole nitrogens is 2. The molecule has 0 spiro atoms. The molecule has 0 amide bonds. The fourth-order valence-electron chi connectivity index (χ4n) is 6.40. The summed E-state index contributed by atoms with van der Waals surface area (Å²) < 4.78 is 0. The average molecular weight is 641 g/mol. The van der Waals surface area contributed by atoms with Crippen molar-refractivity contribution in [3.8, 4) is 0 Å². The standard InChI is InChI=1S/C43H52N4O/c1-9-32-40(39(48)20-18-16-14-12-10-11-13-15-17-19-27-43(6,7)8)42-31(5)38-26-24-36(46-38)29(3)34-22-21-33(44-34)28(2)35-23-25-37(45-35)30(4)41(32)47-42/h9,12,14,16,18,20-26,45,47-48H,1,10-11,13,15,17,19,27H2,2-8H3. The van der Waals surface area contributed by atoms with Crippen LogP contribution < -0.4 is 0 Å². The number of allylic oxidation sites excluding steroid dienone is 5. The SMILES string of the molecule is C=Cc1c(C(O)=CC=CC=CCCCCCCCC(C)(C)C)c2[nH]c1c(C)c1ccc([nH]1)c(C)c1nc(c(C)c3nc(c2C)C=C3)C=C1. The number of nitrogens with one attached hydrogen (secondary N) is 2. The number of fused-ring (bicyclic) bond motifs is 8. The van der Waals surface area contributed by atoms with E-state index in [0.29, 0.717) is 11.0 Å². The third kappa shape index (κ3) is 7.90. The van der Waals surface area contributed by atoms with Crippen LogP contribution in [0.15, 0.2) is 49.1 Å². The highest BCUT2D eigenvalue weighted by molar-refractivity contribution is 5.95. The number of nitrogens with zero attached hydrogens (tertiary/aromatic N) is 2. The molecule has 3 aromatic rings. The quantitative estimate of drug-likeness (QED) is 0.0763. The molecule has 5 rings (SSSR count). The first-order valence-corrected chi connectivity index (χ1v) is 17.4. The Morgan fingerprint density at radius 2 is 1.29 bits per heavy atom. The summed E-state index contributed by atoms with van der Waals surface area (Å²) in [4.78, 5) is 17.2. The average Bonchev–Trinajstić information content (AvgIpc) is 3.88. The molecule has 2 aliphatic rings. The van der Waals surface area contributed by atoms with E-state index >= 15 is 0 Å². The first kappa shape index (κ1) is 34.7. The van der Waals surface area contributed by atoms with Crippen molar-refractivity contribution in [2.75, 3.05) is 0 Å². The van der Waals surface area contributed by atoms with Gasteiger partial charge in [-0.2, -0.15) is 0 Å². The molecular weight excluding hydrogens is 589 g/mol. The summed E-state index contributed by atoms with van der Waals surface area (Å²) in [5.74, 6) is 0.173. The summed E-state index contributed by atoms with van der Waals surface area (Å²) in [5.41, 5.74) is 13.4. The van der Waals surface area contributed by atoms with Gasteiger partial charge in [0.1, 0.15) is 5.76 Å². The van der Waals surface area contributed by atoms with Crippen molar-refractivity contribution >= 4 is 58.2 Å². The van der Waals surface area contributed by atoms with Crippen LogP contribution in [0.2, 0.25) is 0 Å². The molecule has 250 valence electrons. The predicted molar refractivity (Wildman–Crippen MR) is 209 cm³/mol. The molecule has 0 radical (unpaired) electrons. The first-order chi connectivity index (χ1) is 23.0. The Hall–Kier alpha value is -4.64. The van der Waals surface area contributed by atoms with Gasteiger partial charge in [0.25, 0.3) is 0 Å². The van der Waals surface area contributed by atoms with Gasteiger partial charge in [-0.3, -0.25) is 0 Å². The molecular formula is C43H52N4O. The lowest BCUT2D eigenvalue weighted by molar-refractivity contribution is 0.356. The molecule has 0 aromatic carbocycles. The van der Waals surface area contributed by atoms with Crippen molar-refractivity contribution in [2.45, 2.75) is 93.4 Å². The molecule has 0 saturated heterocycles. The molecule has 5 heterocycles. The number of aromatic amines is 2. The predicted octanol–water partition coefficient (Wildman–Crippen LogP) is 12.3. The normalized spacial score (nSPS) is 13.4. The van der Waals surface area contributed by atoms with E-state index in [1.807, 2.05) is 37.3 Å². The maximum atomic E-state index is 11.6. The van der Waals surface area contributed by atoms with E-state index in [-0.39, 0.29) is 5.76 Å². The van der Waals surface area contributed by atoms with Crippen LogP contribution >= 0.6 is 0 Å². The Labute approximate surface area is 286 Å². The van der Waals surface area contributed by atoms with Crippen molar-refractivity contribution in [3.63, 3.8) is 0 Å². The summed E-state index contributed by atoms with van der Waals surface area (Å²) >= 11 is 0. The van der Waals surface area contributed by atoms with Crippen LogP contribution in [-0.2, 0) is 0 Å². The van der Waals surface area contributed by atoms with Gasteiger partial charge in [-0.15, -0.1) is 0 Å². The van der Waals surface area contributed by atoms with E-state index in [0.717, 1.165) is 79.1 Å². The highest BCUT2D eigenvalue weighted by Crippen LogP contribution is 2.34. The molecule has 0 unspecified atom stereocenters. The minimum absolute atomic E-state index is 0.173. The molecule has 0 atom stereocenters. The van der Waals surface area contributed by atoms with Crippen LogP contribution in [0.25, 0.3) is 58.2 Å². The summed E-state index contributed by atoms with van der Waals surface area (Å²) in [7, 11) is 0. The van der Waals surface area contributed by atoms with Crippen molar-refractivity contribution in [3.05, 3.63) is 105 Å². The largest absolute Gasteiger partial charge is 0.507 e. The zero-order chi connectivity index (χ0) is 34.4. The summed E-state index contributed by atoms with van der Waals surface area (Å²) in [5, 5.41) is 11.6. The Morgan fingerprint density at radius 3 is 1.94 bits per heavy atom. The molecule has 0 fully saturated rings. The van der Waals surface area contributed by atoms with E-state index in [1.54, 1.807) is 6.08 Å². The number of hydrogen-bond acceptors (Lipinski definition) is 3. The summed E-state index contributed by atoms with van der Waals surface area (Å²) in [6.45, 7) is 19.4. The Balaban J connectivity index is 1.50. The van der Waals surface area contributed by atoms with Gasteiger partial charge >= 0.3 is 0 Å². The van der Waals surface area contributed by atoms with Crippen LogP contribution in [0.4, 0.5) is 0 Å². The summed E-state index contributed by atoms with van der Waals surface area (Å²) in [6, 6.07) is 4.20. The smallest absolute Gasteiger partial charge is 0.125 e. The van der Waals surface area contributed by atoms with E-state index in [9.17, 15) is 5.11 Å². The van der Waals surface area contributed by atoms with Gasteiger partial charge in [0, 0.05) is 27.7 Å². The second-order valence-electron chi connectivity index (χ2n) is 14.3. The first-order valence-electron chi connectivity index (χ1n) is 17.4. The molecule has 5 nitrogen and oxygen atoms in total. The highest BCUT2D eigenvalue weighted by Gasteiger charge is 2.18. The number of rotatable bonds is 11. The zero-order valence-electron chi connectivity index (χ0n) is 29.9. The van der Waals surface area contributed by atoms with Crippen molar-refractivity contribution in [1.82, 2.24) is 19.9 Å². The Bertz CT molecular complexity index is 2000. The zero-order valence-corrected chi connectivity index (χ0v) is 29.9. The van der Waals surface area contributed by atoms with Gasteiger partial charge in [0.15, 0.2) is 0 Å². The van der Waals surface area contributed by atoms with Crippen molar-refractivity contribution < 1.29 is 5.11 Å². The number of aromatic nitrogens is 4. The van der Waals surface area contributed by atoms with Crippen molar-refractivity contribution in [1.29, 1.82) is 0 Å². The van der Waals surface area contributed by atoms with E-state index in [1.165, 1.54) is 38.5 Å². The molecule has 2 aliphatic heterocycles. The number of aryl methyl sites for hydroxylation is 3. The van der Waals surface area contributed by atoms with Gasteiger partial charge in [-0.25, -0.2) is 9.97 Å². The second-order valence-corrected chi connectivity index (χ2v) is 14.3. The Kier molecular flexibility index (Phi) is 10.9.